The van der Waals surface area contributed by atoms with Crippen LogP contribution >= 0.6 is 0 Å². The first-order valence-electron chi connectivity index (χ1n) is 9.24. The van der Waals surface area contributed by atoms with Crippen molar-refractivity contribution in [2.75, 3.05) is 10.6 Å². The topological polar surface area (TPSA) is 117 Å². The molecule has 0 bridgehead atoms. The molecule has 1 aliphatic carbocycles. The first kappa shape index (κ1) is 21.4. The van der Waals surface area contributed by atoms with Gasteiger partial charge in [-0.05, 0) is 17.9 Å². The molecule has 4 N–H and O–H groups in total. The number of nitriles is 1. The van der Waals surface area contributed by atoms with Gasteiger partial charge in [0.05, 0.1) is 16.8 Å². The number of amides is 1. The third kappa shape index (κ3) is 4.15. The molecule has 1 aliphatic rings. The first-order chi connectivity index (χ1) is 14.0. The van der Waals surface area contributed by atoms with E-state index in [0.717, 1.165) is 18.5 Å². The third-order valence-electron chi connectivity index (χ3n) is 5.63. The number of primary amides is 1. The number of alkyl halides is 3. The lowest BCUT2D eigenvalue weighted by atomic mass is 9.58. The van der Waals surface area contributed by atoms with Crippen LogP contribution in [0.4, 0.5) is 24.7 Å². The lowest BCUT2D eigenvalue weighted by Gasteiger charge is -2.51. The van der Waals surface area contributed by atoms with Gasteiger partial charge in [0.25, 0.3) is 0 Å². The van der Waals surface area contributed by atoms with Crippen LogP contribution in [0, 0.1) is 22.7 Å². The number of nitrogens with zero attached hydrogens (tertiary/aromatic N) is 3. The second-order valence-corrected chi connectivity index (χ2v) is 7.82. The number of nitrogens with one attached hydrogen (secondary N) is 2. The van der Waals surface area contributed by atoms with E-state index in [0.29, 0.717) is 17.9 Å². The third-order valence-corrected chi connectivity index (χ3v) is 5.63. The largest absolute Gasteiger partial charge is 0.416 e. The maximum atomic E-state index is 13.1. The van der Waals surface area contributed by atoms with Crippen LogP contribution in [0.2, 0.25) is 0 Å². The minimum atomic E-state index is -4.49. The highest BCUT2D eigenvalue weighted by molar-refractivity contribution is 5.79. The van der Waals surface area contributed by atoms with E-state index in [1.165, 1.54) is 6.20 Å². The molecule has 30 heavy (non-hydrogen) atoms. The van der Waals surface area contributed by atoms with Crippen molar-refractivity contribution in [2.24, 2.45) is 17.1 Å². The molecule has 10 heteroatoms. The van der Waals surface area contributed by atoms with E-state index in [2.05, 4.69) is 20.6 Å². The number of carbonyl (C=O) groups excluding carboxylic acids is 1. The molecule has 0 unspecified atom stereocenters. The summed E-state index contributed by atoms with van der Waals surface area (Å²) in [6.07, 6.45) is -0.371. The maximum absolute atomic E-state index is 13.1. The summed E-state index contributed by atoms with van der Waals surface area (Å²) >= 11 is 0. The molecule has 2 heterocycles. The van der Waals surface area contributed by atoms with Gasteiger partial charge in [0.2, 0.25) is 5.91 Å². The van der Waals surface area contributed by atoms with Gasteiger partial charge in [-0.2, -0.15) is 18.4 Å². The summed E-state index contributed by atoms with van der Waals surface area (Å²) in [5.41, 5.74) is 5.01. The number of hydrogen-bond acceptors (Lipinski definition) is 6. The van der Waals surface area contributed by atoms with Gasteiger partial charge < -0.3 is 16.4 Å². The van der Waals surface area contributed by atoms with Crippen molar-refractivity contribution in [1.82, 2.24) is 9.97 Å². The van der Waals surface area contributed by atoms with Gasteiger partial charge in [0, 0.05) is 48.7 Å². The SMILES string of the molecule is CC1(C)[C@H](Nc2cc(NCc3cnccc3C(F)(F)F)ncc2C#N)C[C@H]1C(N)=O. The minimum Gasteiger partial charge on any atom is -0.380 e. The summed E-state index contributed by atoms with van der Waals surface area (Å²) in [5.74, 6) is -0.337. The molecule has 158 valence electrons. The Bertz CT molecular complexity index is 999. The maximum Gasteiger partial charge on any atom is 0.416 e. The Kier molecular flexibility index (Phi) is 5.57. The van der Waals surface area contributed by atoms with Crippen molar-refractivity contribution in [2.45, 2.75) is 39.0 Å². The smallest absolute Gasteiger partial charge is 0.380 e. The van der Waals surface area contributed by atoms with Gasteiger partial charge >= 0.3 is 6.18 Å². The number of anilines is 2. The number of rotatable bonds is 6. The quantitative estimate of drug-likeness (QED) is 0.663. The van der Waals surface area contributed by atoms with E-state index in [1.54, 1.807) is 6.07 Å². The summed E-state index contributed by atoms with van der Waals surface area (Å²) in [6, 6.07) is 4.43. The standard InChI is InChI=1S/C20H21F3N6O/c1-19(2)14(18(25)30)5-16(19)29-15-6-17(27-9-11(15)7-24)28-10-12-8-26-4-3-13(12)20(21,22)23/h3-4,6,8-9,14,16H,5,10H2,1-2H3,(H2,25,30)(H2,27,28,29)/t14-,16+/m0/s1. The van der Waals surface area contributed by atoms with Gasteiger partial charge in [-0.25, -0.2) is 4.98 Å². The summed E-state index contributed by atoms with van der Waals surface area (Å²) in [4.78, 5) is 19.4. The summed E-state index contributed by atoms with van der Waals surface area (Å²) in [6.45, 7) is 3.69. The fourth-order valence-corrected chi connectivity index (χ4v) is 3.63. The van der Waals surface area contributed by atoms with Crippen molar-refractivity contribution in [3.63, 3.8) is 0 Å². The van der Waals surface area contributed by atoms with Crippen LogP contribution in [0.25, 0.3) is 0 Å². The average Bonchev–Trinajstić information content (AvgIpc) is 2.68. The summed E-state index contributed by atoms with van der Waals surface area (Å²) in [7, 11) is 0. The molecule has 0 radical (unpaired) electrons. The van der Waals surface area contributed by atoms with Gasteiger partial charge in [-0.3, -0.25) is 9.78 Å². The Morgan fingerprint density at radius 3 is 2.73 bits per heavy atom. The predicted molar refractivity (Wildman–Crippen MR) is 104 cm³/mol. The number of pyridine rings is 2. The molecule has 0 aromatic carbocycles. The van der Waals surface area contributed by atoms with Crippen molar-refractivity contribution in [3.05, 3.63) is 47.4 Å². The Balaban J connectivity index is 1.77. The highest BCUT2D eigenvalue weighted by atomic mass is 19.4. The second kappa shape index (κ2) is 7.82. The first-order valence-corrected chi connectivity index (χ1v) is 9.24. The van der Waals surface area contributed by atoms with Crippen molar-refractivity contribution >= 4 is 17.4 Å². The van der Waals surface area contributed by atoms with Crippen molar-refractivity contribution in [3.8, 4) is 6.07 Å². The van der Waals surface area contributed by atoms with E-state index >= 15 is 0 Å². The molecule has 0 spiro atoms. The molecule has 1 fully saturated rings. The monoisotopic (exact) mass is 418 g/mol. The molecule has 2 atom stereocenters. The van der Waals surface area contributed by atoms with E-state index in [4.69, 9.17) is 5.73 Å². The highest BCUT2D eigenvalue weighted by Crippen LogP contribution is 2.47. The molecule has 0 aliphatic heterocycles. The molecule has 2 aromatic heterocycles. The van der Waals surface area contributed by atoms with Crippen LogP contribution < -0.4 is 16.4 Å². The lowest BCUT2D eigenvalue weighted by molar-refractivity contribution is -0.138. The molecule has 1 saturated carbocycles. The number of nitrogens with two attached hydrogens (primary N) is 1. The molecule has 1 amide bonds. The fourth-order valence-electron chi connectivity index (χ4n) is 3.63. The van der Waals surface area contributed by atoms with E-state index in [9.17, 15) is 23.2 Å². The van der Waals surface area contributed by atoms with Crippen molar-refractivity contribution < 1.29 is 18.0 Å². The normalized spacial score (nSPS) is 20.0. The molecule has 7 nitrogen and oxygen atoms in total. The Hall–Kier alpha value is -3.35. The number of aromatic nitrogens is 2. The van der Waals surface area contributed by atoms with E-state index in [-0.39, 0.29) is 35.5 Å². The zero-order chi connectivity index (χ0) is 22.1. The number of carbonyl (C=O) groups is 1. The fraction of sp³-hybridized carbons (Fsp3) is 0.400. The highest BCUT2D eigenvalue weighted by Gasteiger charge is 2.51. The zero-order valence-electron chi connectivity index (χ0n) is 16.4. The second-order valence-electron chi connectivity index (χ2n) is 7.82. The summed E-state index contributed by atoms with van der Waals surface area (Å²) in [5, 5.41) is 15.5. The van der Waals surface area contributed by atoms with Crippen molar-refractivity contribution in [1.29, 1.82) is 5.26 Å². The average molecular weight is 418 g/mol. The number of halogens is 3. The van der Waals surface area contributed by atoms with Crippen LogP contribution in [0.5, 0.6) is 0 Å². The molecule has 2 aromatic rings. The molecular formula is C20H21F3N6O. The Morgan fingerprint density at radius 2 is 2.13 bits per heavy atom. The Labute approximate surface area is 171 Å². The van der Waals surface area contributed by atoms with E-state index in [1.807, 2.05) is 19.9 Å². The van der Waals surface area contributed by atoms with Crippen LogP contribution in [0.15, 0.2) is 30.7 Å². The molecule has 3 rings (SSSR count). The van der Waals surface area contributed by atoms with Crippen LogP contribution in [0.1, 0.15) is 37.0 Å². The minimum absolute atomic E-state index is 0.0184. The molecular weight excluding hydrogens is 397 g/mol. The molecule has 0 saturated heterocycles. The lowest BCUT2D eigenvalue weighted by Crippen LogP contribution is -2.57. The van der Waals surface area contributed by atoms with Crippen LogP contribution in [-0.2, 0) is 17.5 Å². The van der Waals surface area contributed by atoms with Gasteiger partial charge in [0.1, 0.15) is 11.9 Å². The summed E-state index contributed by atoms with van der Waals surface area (Å²) < 4.78 is 39.4. The van der Waals surface area contributed by atoms with Gasteiger partial charge in [-0.1, -0.05) is 13.8 Å². The van der Waals surface area contributed by atoms with Crippen LogP contribution in [0.3, 0.4) is 0 Å². The number of hydrogen-bond donors (Lipinski definition) is 3. The Morgan fingerprint density at radius 1 is 1.40 bits per heavy atom. The van der Waals surface area contributed by atoms with Gasteiger partial charge in [0.15, 0.2) is 0 Å². The zero-order valence-corrected chi connectivity index (χ0v) is 16.4. The van der Waals surface area contributed by atoms with Gasteiger partial charge in [-0.15, -0.1) is 0 Å². The van der Waals surface area contributed by atoms with E-state index < -0.39 is 17.2 Å². The predicted octanol–water partition coefficient (Wildman–Crippen LogP) is 3.29. The van der Waals surface area contributed by atoms with Crippen LogP contribution in [-0.4, -0.2) is 21.9 Å².